The molecular formula is C17H29N5O3. The van der Waals surface area contributed by atoms with Crippen molar-refractivity contribution in [2.75, 3.05) is 46.8 Å². The summed E-state index contributed by atoms with van der Waals surface area (Å²) in [7, 11) is 3.45. The number of hydrogen-bond acceptors (Lipinski definition) is 5. The van der Waals surface area contributed by atoms with Crippen molar-refractivity contribution in [2.45, 2.75) is 43.8 Å². The second kappa shape index (κ2) is 7.70. The van der Waals surface area contributed by atoms with Gasteiger partial charge in [-0.1, -0.05) is 0 Å². The molecule has 3 fully saturated rings. The van der Waals surface area contributed by atoms with Gasteiger partial charge in [0.05, 0.1) is 13.1 Å². The van der Waals surface area contributed by atoms with Gasteiger partial charge in [-0.2, -0.15) is 0 Å². The number of rotatable bonds is 7. The Morgan fingerprint density at radius 3 is 2.00 bits per heavy atom. The number of amides is 3. The molecule has 3 rings (SSSR count). The molecule has 3 aliphatic rings. The van der Waals surface area contributed by atoms with Gasteiger partial charge in [-0.05, 0) is 25.7 Å². The molecule has 0 spiro atoms. The SMILES string of the molecule is CN(C)C(=O)[C@@H]1CN(CC(=O)NC2CC2)CCN1CC(=O)NC1CC1. The van der Waals surface area contributed by atoms with Crippen LogP contribution in [-0.2, 0) is 14.4 Å². The summed E-state index contributed by atoms with van der Waals surface area (Å²) in [4.78, 5) is 42.2. The van der Waals surface area contributed by atoms with Crippen LogP contribution in [0.15, 0.2) is 0 Å². The standard InChI is InChI=1S/C17H29N5O3/c1-20(2)17(25)14-9-21(10-15(23)18-12-3-4-12)7-8-22(14)11-16(24)19-13-5-6-13/h12-14H,3-11H2,1-2H3,(H,18,23)(H,19,24)/t14-/m0/s1. The molecule has 2 saturated carbocycles. The van der Waals surface area contributed by atoms with Gasteiger partial charge in [-0.15, -0.1) is 0 Å². The minimum atomic E-state index is -0.387. The highest BCUT2D eigenvalue weighted by atomic mass is 16.2. The molecular weight excluding hydrogens is 322 g/mol. The van der Waals surface area contributed by atoms with Crippen LogP contribution >= 0.6 is 0 Å². The average Bonchev–Trinajstić information content (AvgIpc) is 3.45. The van der Waals surface area contributed by atoms with Gasteiger partial charge in [0.15, 0.2) is 0 Å². The zero-order valence-corrected chi connectivity index (χ0v) is 15.2. The lowest BCUT2D eigenvalue weighted by molar-refractivity contribution is -0.139. The van der Waals surface area contributed by atoms with Gasteiger partial charge in [0.2, 0.25) is 17.7 Å². The quantitative estimate of drug-likeness (QED) is 0.590. The normalized spacial score (nSPS) is 24.6. The number of nitrogens with one attached hydrogen (secondary N) is 2. The van der Waals surface area contributed by atoms with E-state index in [0.717, 1.165) is 25.7 Å². The smallest absolute Gasteiger partial charge is 0.240 e. The number of nitrogens with zero attached hydrogens (tertiary/aromatic N) is 3. The van der Waals surface area contributed by atoms with E-state index in [0.29, 0.717) is 38.3 Å². The second-order valence-electron chi connectivity index (χ2n) is 7.64. The molecule has 0 unspecified atom stereocenters. The van der Waals surface area contributed by atoms with Crippen molar-refractivity contribution >= 4 is 17.7 Å². The number of likely N-dealkylation sites (N-methyl/N-ethyl adjacent to an activating group) is 1. The first kappa shape index (κ1) is 18.1. The van der Waals surface area contributed by atoms with Gasteiger partial charge in [-0.3, -0.25) is 24.2 Å². The van der Waals surface area contributed by atoms with Crippen LogP contribution in [0.5, 0.6) is 0 Å². The van der Waals surface area contributed by atoms with Crippen molar-refractivity contribution < 1.29 is 14.4 Å². The van der Waals surface area contributed by atoms with E-state index in [4.69, 9.17) is 0 Å². The highest BCUT2D eigenvalue weighted by Gasteiger charge is 2.36. The summed E-state index contributed by atoms with van der Waals surface area (Å²) in [6.45, 7) is 2.33. The summed E-state index contributed by atoms with van der Waals surface area (Å²) in [6, 6.07) is 0.282. The topological polar surface area (TPSA) is 85.0 Å². The van der Waals surface area contributed by atoms with Crippen molar-refractivity contribution in [3.8, 4) is 0 Å². The maximum Gasteiger partial charge on any atom is 0.240 e. The second-order valence-corrected chi connectivity index (χ2v) is 7.64. The molecule has 0 bridgehead atoms. The molecule has 25 heavy (non-hydrogen) atoms. The van der Waals surface area contributed by atoms with Crippen molar-refractivity contribution in [3.63, 3.8) is 0 Å². The Morgan fingerprint density at radius 1 is 0.920 bits per heavy atom. The van der Waals surface area contributed by atoms with E-state index in [1.54, 1.807) is 19.0 Å². The number of piperazine rings is 1. The van der Waals surface area contributed by atoms with E-state index >= 15 is 0 Å². The third-order valence-electron chi connectivity index (χ3n) is 4.90. The molecule has 0 aromatic rings. The molecule has 2 aliphatic carbocycles. The largest absolute Gasteiger partial charge is 0.352 e. The van der Waals surface area contributed by atoms with Gasteiger partial charge in [0, 0.05) is 45.8 Å². The first-order valence-corrected chi connectivity index (χ1v) is 9.18. The highest BCUT2D eigenvalue weighted by Crippen LogP contribution is 2.20. The van der Waals surface area contributed by atoms with Crippen molar-refractivity contribution in [1.82, 2.24) is 25.3 Å². The van der Waals surface area contributed by atoms with Crippen LogP contribution in [0.25, 0.3) is 0 Å². The Morgan fingerprint density at radius 2 is 1.48 bits per heavy atom. The first-order valence-electron chi connectivity index (χ1n) is 9.18. The van der Waals surface area contributed by atoms with Crippen LogP contribution in [0.3, 0.4) is 0 Å². The van der Waals surface area contributed by atoms with Crippen LogP contribution in [0, 0.1) is 0 Å². The zero-order chi connectivity index (χ0) is 18.0. The fourth-order valence-corrected chi connectivity index (χ4v) is 3.13. The third-order valence-corrected chi connectivity index (χ3v) is 4.90. The maximum atomic E-state index is 12.6. The Hall–Kier alpha value is -1.67. The molecule has 8 nitrogen and oxygen atoms in total. The third kappa shape index (κ3) is 5.40. The Bertz CT molecular complexity index is 530. The maximum absolute atomic E-state index is 12.6. The summed E-state index contributed by atoms with van der Waals surface area (Å²) in [6.07, 6.45) is 4.24. The lowest BCUT2D eigenvalue weighted by Crippen LogP contribution is -2.61. The molecule has 1 heterocycles. The van der Waals surface area contributed by atoms with Crippen LogP contribution in [-0.4, -0.2) is 97.4 Å². The van der Waals surface area contributed by atoms with E-state index in [-0.39, 0.29) is 30.3 Å². The Labute approximate surface area is 148 Å². The van der Waals surface area contributed by atoms with Crippen LogP contribution < -0.4 is 10.6 Å². The fraction of sp³-hybridized carbons (Fsp3) is 0.824. The number of hydrogen-bond donors (Lipinski definition) is 2. The zero-order valence-electron chi connectivity index (χ0n) is 15.2. The molecule has 140 valence electrons. The molecule has 3 amide bonds. The fourth-order valence-electron chi connectivity index (χ4n) is 3.13. The highest BCUT2D eigenvalue weighted by molar-refractivity contribution is 5.84. The number of carbonyl (C=O) groups is 3. The Kier molecular flexibility index (Phi) is 5.58. The molecule has 8 heteroatoms. The average molecular weight is 351 g/mol. The lowest BCUT2D eigenvalue weighted by Gasteiger charge is -2.40. The van der Waals surface area contributed by atoms with E-state index in [1.807, 2.05) is 9.80 Å². The van der Waals surface area contributed by atoms with Crippen molar-refractivity contribution in [1.29, 1.82) is 0 Å². The van der Waals surface area contributed by atoms with Gasteiger partial charge in [0.1, 0.15) is 6.04 Å². The predicted molar refractivity (Wildman–Crippen MR) is 92.8 cm³/mol. The van der Waals surface area contributed by atoms with Crippen molar-refractivity contribution in [2.24, 2.45) is 0 Å². The lowest BCUT2D eigenvalue weighted by atomic mass is 10.1. The molecule has 1 saturated heterocycles. The Balaban J connectivity index is 1.55. The summed E-state index contributed by atoms with van der Waals surface area (Å²) in [5, 5.41) is 5.96. The summed E-state index contributed by atoms with van der Waals surface area (Å²) in [5.41, 5.74) is 0. The number of carbonyl (C=O) groups excluding carboxylic acids is 3. The summed E-state index contributed by atoms with van der Waals surface area (Å²) < 4.78 is 0. The van der Waals surface area contributed by atoms with Gasteiger partial charge in [0.25, 0.3) is 0 Å². The van der Waals surface area contributed by atoms with Crippen LogP contribution in [0.2, 0.25) is 0 Å². The first-order chi connectivity index (χ1) is 11.9. The van der Waals surface area contributed by atoms with Crippen LogP contribution in [0.1, 0.15) is 25.7 Å². The minimum absolute atomic E-state index is 0.0148. The van der Waals surface area contributed by atoms with Crippen LogP contribution in [0.4, 0.5) is 0 Å². The van der Waals surface area contributed by atoms with E-state index in [9.17, 15) is 14.4 Å². The van der Waals surface area contributed by atoms with E-state index in [1.165, 1.54) is 0 Å². The van der Waals surface area contributed by atoms with E-state index < -0.39 is 0 Å². The van der Waals surface area contributed by atoms with Crippen molar-refractivity contribution in [3.05, 3.63) is 0 Å². The summed E-state index contributed by atoms with van der Waals surface area (Å²) >= 11 is 0. The molecule has 1 aliphatic heterocycles. The molecule has 2 N–H and O–H groups in total. The minimum Gasteiger partial charge on any atom is -0.352 e. The van der Waals surface area contributed by atoms with E-state index in [2.05, 4.69) is 10.6 Å². The van der Waals surface area contributed by atoms with Gasteiger partial charge < -0.3 is 15.5 Å². The molecule has 0 aromatic heterocycles. The van der Waals surface area contributed by atoms with Gasteiger partial charge in [-0.25, -0.2) is 0 Å². The predicted octanol–water partition coefficient (Wildman–Crippen LogP) is -1.38. The molecule has 0 aromatic carbocycles. The molecule has 1 atom stereocenters. The molecule has 0 radical (unpaired) electrons. The van der Waals surface area contributed by atoms with Gasteiger partial charge >= 0.3 is 0 Å². The monoisotopic (exact) mass is 351 g/mol. The summed E-state index contributed by atoms with van der Waals surface area (Å²) in [5.74, 6) is -0.0102.